The fourth-order valence-electron chi connectivity index (χ4n) is 4.27. The second-order valence-corrected chi connectivity index (χ2v) is 11.9. The van der Waals surface area contributed by atoms with Crippen LogP contribution in [0.15, 0.2) is 86.0 Å². The van der Waals surface area contributed by atoms with Crippen LogP contribution in [0.2, 0.25) is 0 Å². The van der Waals surface area contributed by atoms with Crippen LogP contribution in [0.3, 0.4) is 0 Å². The molecule has 0 radical (unpaired) electrons. The van der Waals surface area contributed by atoms with Gasteiger partial charge in [-0.15, -0.1) is 0 Å². The van der Waals surface area contributed by atoms with E-state index in [1.807, 2.05) is 0 Å². The molecule has 0 amide bonds. The summed E-state index contributed by atoms with van der Waals surface area (Å²) in [6.07, 6.45) is 15.9. The van der Waals surface area contributed by atoms with E-state index in [-0.39, 0.29) is 6.25 Å². The first kappa shape index (κ1) is 16.7. The second kappa shape index (κ2) is 6.54. The van der Waals surface area contributed by atoms with Gasteiger partial charge in [0.25, 0.3) is 0 Å². The monoisotopic (exact) mass is 400 g/mol. The van der Waals surface area contributed by atoms with Gasteiger partial charge in [-0.2, -0.15) is 0 Å². The Morgan fingerprint density at radius 2 is 1.16 bits per heavy atom. The van der Waals surface area contributed by atoms with Crippen molar-refractivity contribution in [3.63, 3.8) is 0 Å². The standard InChI is InChI=1S/2C12H11.Zr/c2*1-2-5-10-8-9-11-6-3-4-7-12(10)11;/h2*2-4,6-9H,1,5H2;. The number of hydrogen-bond acceptors (Lipinski definition) is 0. The third-order valence-corrected chi connectivity index (χ3v) is 10.7. The molecule has 122 valence electrons. The van der Waals surface area contributed by atoms with E-state index in [4.69, 9.17) is 0 Å². The molecule has 0 heterocycles. The Morgan fingerprint density at radius 1 is 0.720 bits per heavy atom. The molecule has 0 saturated heterocycles. The third kappa shape index (κ3) is 2.70. The van der Waals surface area contributed by atoms with Crippen molar-refractivity contribution in [3.8, 4) is 0 Å². The van der Waals surface area contributed by atoms with Crippen LogP contribution in [0.4, 0.5) is 0 Å². The van der Waals surface area contributed by atoms with Gasteiger partial charge in [-0.25, -0.2) is 0 Å². The molecule has 0 N–H and O–H groups in total. The van der Waals surface area contributed by atoms with E-state index in [2.05, 4.69) is 98.1 Å². The van der Waals surface area contributed by atoms with Crippen molar-refractivity contribution in [2.75, 3.05) is 0 Å². The number of hydrogen-bond donors (Lipinski definition) is 0. The van der Waals surface area contributed by atoms with Gasteiger partial charge >= 0.3 is 163 Å². The van der Waals surface area contributed by atoms with Gasteiger partial charge in [0, 0.05) is 0 Å². The Kier molecular flexibility index (Phi) is 4.38. The van der Waals surface area contributed by atoms with E-state index in [0.29, 0.717) is 0 Å². The van der Waals surface area contributed by atoms with Gasteiger partial charge in [-0.1, -0.05) is 0 Å². The summed E-state index contributed by atoms with van der Waals surface area (Å²) < 4.78 is 0.346. The summed E-state index contributed by atoms with van der Waals surface area (Å²) in [6, 6.07) is 17.8. The first-order valence-electron chi connectivity index (χ1n) is 8.82. The topological polar surface area (TPSA) is 0 Å². The summed E-state index contributed by atoms with van der Waals surface area (Å²) in [4.78, 5) is 0. The van der Waals surface area contributed by atoms with Crippen molar-refractivity contribution in [2.45, 2.75) is 19.1 Å². The van der Waals surface area contributed by atoms with Crippen molar-refractivity contribution in [1.29, 1.82) is 0 Å². The zero-order chi connectivity index (χ0) is 17.3. The fraction of sp³-hybridized carbons (Fsp3) is 0.167. The van der Waals surface area contributed by atoms with Crippen LogP contribution >= 0.6 is 0 Å². The van der Waals surface area contributed by atoms with Crippen molar-refractivity contribution in [2.24, 2.45) is 0 Å². The molecule has 2 aliphatic rings. The van der Waals surface area contributed by atoms with Gasteiger partial charge in [-0.3, -0.25) is 0 Å². The summed E-state index contributed by atoms with van der Waals surface area (Å²) >= 11 is -0.974. The predicted molar refractivity (Wildman–Crippen MR) is 104 cm³/mol. The summed E-state index contributed by atoms with van der Waals surface area (Å²) in [7, 11) is 0. The molecule has 0 spiro atoms. The summed E-state index contributed by atoms with van der Waals surface area (Å²) in [5.74, 6) is 0. The molecule has 0 aliphatic heterocycles. The molecule has 25 heavy (non-hydrogen) atoms. The average molecular weight is 402 g/mol. The molecule has 0 saturated carbocycles. The van der Waals surface area contributed by atoms with Crippen LogP contribution in [0.25, 0.3) is 12.2 Å². The fourth-order valence-corrected chi connectivity index (χ4v) is 10.0. The molecule has 2 aromatic rings. The van der Waals surface area contributed by atoms with E-state index in [1.165, 1.54) is 22.3 Å². The van der Waals surface area contributed by atoms with Gasteiger partial charge in [-0.05, 0) is 0 Å². The van der Waals surface area contributed by atoms with Gasteiger partial charge < -0.3 is 0 Å². The Hall–Kier alpha value is -1.72. The SMILES string of the molecule is C=CC[C]1([Zr][C]2(CC=C)C=Cc3ccccc32)C=Cc2ccccc21. The summed E-state index contributed by atoms with van der Waals surface area (Å²) in [6.45, 7) is 8.17. The minimum atomic E-state index is -0.974. The van der Waals surface area contributed by atoms with E-state index in [1.54, 1.807) is 0 Å². The van der Waals surface area contributed by atoms with Gasteiger partial charge in [0.1, 0.15) is 0 Å². The Morgan fingerprint density at radius 3 is 1.60 bits per heavy atom. The van der Waals surface area contributed by atoms with Crippen LogP contribution in [-0.2, 0) is 29.5 Å². The van der Waals surface area contributed by atoms with E-state index in [0.717, 1.165) is 12.8 Å². The molecule has 2 aromatic carbocycles. The maximum atomic E-state index is 4.08. The molecule has 0 fully saturated rings. The number of allylic oxidation sites excluding steroid dienone is 4. The van der Waals surface area contributed by atoms with Crippen molar-refractivity contribution in [1.82, 2.24) is 0 Å². The number of benzene rings is 2. The Labute approximate surface area is 162 Å². The van der Waals surface area contributed by atoms with E-state index >= 15 is 0 Å². The predicted octanol–water partition coefficient (Wildman–Crippen LogP) is 6.07. The quantitative estimate of drug-likeness (QED) is 0.516. The molecular formula is C24H22Zr. The molecule has 0 bridgehead atoms. The van der Waals surface area contributed by atoms with Gasteiger partial charge in [0.15, 0.2) is 0 Å². The zero-order valence-corrected chi connectivity index (χ0v) is 16.9. The molecule has 1 heteroatoms. The van der Waals surface area contributed by atoms with Crippen LogP contribution in [0.5, 0.6) is 0 Å². The van der Waals surface area contributed by atoms with Crippen LogP contribution in [0.1, 0.15) is 35.1 Å². The summed E-state index contributed by atoms with van der Waals surface area (Å²) in [5, 5.41) is 0. The normalized spacial score (nSPS) is 25.4. The molecule has 2 unspecified atom stereocenters. The Bertz CT molecular complexity index is 815. The van der Waals surface area contributed by atoms with Gasteiger partial charge in [0.05, 0.1) is 0 Å². The van der Waals surface area contributed by atoms with E-state index < -0.39 is 23.2 Å². The molecule has 2 atom stereocenters. The van der Waals surface area contributed by atoms with Crippen molar-refractivity contribution >= 4 is 12.2 Å². The van der Waals surface area contributed by atoms with Gasteiger partial charge in [0.2, 0.25) is 0 Å². The second-order valence-electron chi connectivity index (χ2n) is 6.89. The first-order valence-corrected chi connectivity index (χ1v) is 11.3. The number of rotatable bonds is 6. The summed E-state index contributed by atoms with van der Waals surface area (Å²) in [5.41, 5.74) is 5.77. The van der Waals surface area contributed by atoms with E-state index in [9.17, 15) is 0 Å². The van der Waals surface area contributed by atoms with Crippen LogP contribution in [-0.4, -0.2) is 0 Å². The maximum absolute atomic E-state index is 4.08. The molecular weight excluding hydrogens is 379 g/mol. The van der Waals surface area contributed by atoms with Crippen molar-refractivity contribution < 1.29 is 23.2 Å². The number of fused-ring (bicyclic) bond motifs is 2. The molecule has 2 aliphatic carbocycles. The molecule has 0 nitrogen and oxygen atoms in total. The van der Waals surface area contributed by atoms with Crippen LogP contribution in [0, 0.1) is 0 Å². The molecule has 0 aromatic heterocycles. The average Bonchev–Trinajstić information content (AvgIpc) is 3.17. The Balaban J connectivity index is 1.83. The minimum absolute atomic E-state index is 0.173. The zero-order valence-electron chi connectivity index (χ0n) is 14.4. The first-order chi connectivity index (χ1) is 12.2. The van der Waals surface area contributed by atoms with Crippen LogP contribution < -0.4 is 0 Å². The van der Waals surface area contributed by atoms with Crippen molar-refractivity contribution in [3.05, 3.63) is 108 Å². The molecule has 4 rings (SSSR count). The third-order valence-electron chi connectivity index (χ3n) is 5.36.